The van der Waals surface area contributed by atoms with Gasteiger partial charge in [-0.1, -0.05) is 41.2 Å². The molecule has 1 aromatic carbocycles. The van der Waals surface area contributed by atoms with E-state index in [1.54, 1.807) is 18.4 Å². The normalized spacial score (nSPS) is 10.5. The maximum absolute atomic E-state index is 4.98. The first-order chi connectivity index (χ1) is 8.29. The molecule has 1 N–H and O–H groups in total. The number of thiazole rings is 1. The third-order valence-corrected chi connectivity index (χ3v) is 3.43. The quantitative estimate of drug-likeness (QED) is 0.825. The highest BCUT2D eigenvalue weighted by molar-refractivity contribution is 7.18. The van der Waals surface area contributed by atoms with E-state index in [1.165, 1.54) is 16.0 Å². The monoisotopic (exact) mass is 248 g/mol. The van der Waals surface area contributed by atoms with Crippen LogP contribution in [0.5, 0.6) is 0 Å². The highest BCUT2D eigenvalue weighted by atomic mass is 32.1. The minimum Gasteiger partial charge on any atom is -0.383 e. The van der Waals surface area contributed by atoms with E-state index < -0.39 is 0 Å². The first-order valence-electron chi connectivity index (χ1n) is 5.55. The van der Waals surface area contributed by atoms with E-state index in [0.717, 1.165) is 11.7 Å². The molecule has 90 valence electrons. The number of methoxy groups -OCH3 is 1. The lowest BCUT2D eigenvalue weighted by Gasteiger charge is -2.00. The molecular formula is C13H16N2OS. The van der Waals surface area contributed by atoms with Gasteiger partial charge in [-0.3, -0.25) is 0 Å². The summed E-state index contributed by atoms with van der Waals surface area (Å²) in [4.78, 5) is 5.52. The Morgan fingerprint density at radius 1 is 1.29 bits per heavy atom. The topological polar surface area (TPSA) is 34.1 Å². The number of aromatic nitrogens is 1. The Kier molecular flexibility index (Phi) is 4.12. The fourth-order valence-corrected chi connectivity index (χ4v) is 2.31. The van der Waals surface area contributed by atoms with Crippen LogP contribution in [0.2, 0.25) is 0 Å². The van der Waals surface area contributed by atoms with Crippen LogP contribution in [0.3, 0.4) is 0 Å². The van der Waals surface area contributed by atoms with Crippen LogP contribution < -0.4 is 5.32 Å². The zero-order valence-corrected chi connectivity index (χ0v) is 10.9. The van der Waals surface area contributed by atoms with Gasteiger partial charge in [0.15, 0.2) is 5.13 Å². The minimum atomic E-state index is 0.694. The number of aryl methyl sites for hydroxylation is 1. The molecule has 0 atom stereocenters. The van der Waals surface area contributed by atoms with Gasteiger partial charge < -0.3 is 10.1 Å². The van der Waals surface area contributed by atoms with Gasteiger partial charge in [-0.2, -0.15) is 0 Å². The summed E-state index contributed by atoms with van der Waals surface area (Å²) >= 11 is 1.66. The summed E-state index contributed by atoms with van der Waals surface area (Å²) in [7, 11) is 1.70. The van der Waals surface area contributed by atoms with E-state index in [-0.39, 0.29) is 0 Å². The van der Waals surface area contributed by atoms with Gasteiger partial charge >= 0.3 is 0 Å². The summed E-state index contributed by atoms with van der Waals surface area (Å²) < 4.78 is 4.98. The van der Waals surface area contributed by atoms with Crippen LogP contribution in [0.15, 0.2) is 30.5 Å². The van der Waals surface area contributed by atoms with Crippen molar-refractivity contribution in [3.8, 4) is 10.4 Å². The van der Waals surface area contributed by atoms with E-state index in [9.17, 15) is 0 Å². The number of benzene rings is 1. The molecule has 2 aromatic rings. The molecule has 0 unspecified atom stereocenters. The molecule has 0 aliphatic heterocycles. The molecule has 0 aliphatic carbocycles. The number of nitrogens with zero attached hydrogens (tertiary/aromatic N) is 1. The Bertz CT molecular complexity index is 465. The van der Waals surface area contributed by atoms with Gasteiger partial charge in [0.25, 0.3) is 0 Å². The molecule has 2 rings (SSSR count). The van der Waals surface area contributed by atoms with E-state index >= 15 is 0 Å². The first-order valence-corrected chi connectivity index (χ1v) is 6.37. The largest absolute Gasteiger partial charge is 0.383 e. The van der Waals surface area contributed by atoms with Crippen molar-refractivity contribution in [2.24, 2.45) is 0 Å². The Morgan fingerprint density at radius 2 is 2.06 bits per heavy atom. The van der Waals surface area contributed by atoms with Crippen molar-refractivity contribution < 1.29 is 4.74 Å². The molecule has 0 saturated heterocycles. The molecule has 0 spiro atoms. The average Bonchev–Trinajstić information content (AvgIpc) is 2.79. The van der Waals surface area contributed by atoms with Crippen molar-refractivity contribution in [3.63, 3.8) is 0 Å². The number of hydrogen-bond donors (Lipinski definition) is 1. The molecular weight excluding hydrogens is 232 g/mol. The molecule has 4 heteroatoms. The number of hydrogen-bond acceptors (Lipinski definition) is 4. The minimum absolute atomic E-state index is 0.694. The first kappa shape index (κ1) is 12.1. The molecule has 0 bridgehead atoms. The molecule has 1 aromatic heterocycles. The average molecular weight is 248 g/mol. The summed E-state index contributed by atoms with van der Waals surface area (Å²) in [5, 5.41) is 4.17. The summed E-state index contributed by atoms with van der Waals surface area (Å²) in [6.45, 7) is 3.57. The highest BCUT2D eigenvalue weighted by Gasteiger charge is 2.03. The third kappa shape index (κ3) is 3.28. The van der Waals surface area contributed by atoms with Crippen LogP contribution in [0.1, 0.15) is 5.56 Å². The molecule has 0 aliphatic rings. The van der Waals surface area contributed by atoms with Gasteiger partial charge in [-0.25, -0.2) is 4.98 Å². The molecule has 0 fully saturated rings. The van der Waals surface area contributed by atoms with Crippen LogP contribution in [0.25, 0.3) is 10.4 Å². The number of rotatable bonds is 5. The lowest BCUT2D eigenvalue weighted by atomic mass is 10.1. The summed E-state index contributed by atoms with van der Waals surface area (Å²) in [6.07, 6.45) is 1.91. The Morgan fingerprint density at radius 3 is 2.76 bits per heavy atom. The van der Waals surface area contributed by atoms with Crippen LogP contribution in [-0.2, 0) is 4.74 Å². The van der Waals surface area contributed by atoms with Crippen LogP contribution in [-0.4, -0.2) is 25.2 Å². The van der Waals surface area contributed by atoms with Gasteiger partial charge in [-0.05, 0) is 12.5 Å². The Balaban J connectivity index is 2.04. The zero-order chi connectivity index (χ0) is 12.1. The summed E-state index contributed by atoms with van der Waals surface area (Å²) in [5.74, 6) is 0. The van der Waals surface area contributed by atoms with Crippen LogP contribution in [0, 0.1) is 6.92 Å². The van der Waals surface area contributed by atoms with Crippen molar-refractivity contribution in [1.82, 2.24) is 4.98 Å². The van der Waals surface area contributed by atoms with E-state index in [1.807, 2.05) is 6.20 Å². The van der Waals surface area contributed by atoms with E-state index in [4.69, 9.17) is 4.74 Å². The summed E-state index contributed by atoms with van der Waals surface area (Å²) in [6, 6.07) is 8.49. The molecule has 1 heterocycles. The standard InChI is InChI=1S/C13H16N2OS/c1-10-3-5-11(6-4-10)12-9-15-13(17-12)14-7-8-16-2/h3-6,9H,7-8H2,1-2H3,(H,14,15). The number of nitrogens with one attached hydrogen (secondary N) is 1. The number of anilines is 1. The lowest BCUT2D eigenvalue weighted by molar-refractivity contribution is 0.211. The fourth-order valence-electron chi connectivity index (χ4n) is 1.47. The molecule has 0 radical (unpaired) electrons. The van der Waals surface area contributed by atoms with Crippen molar-refractivity contribution in [2.75, 3.05) is 25.6 Å². The fraction of sp³-hybridized carbons (Fsp3) is 0.308. The third-order valence-electron chi connectivity index (χ3n) is 2.42. The van der Waals surface area contributed by atoms with Gasteiger partial charge in [0.2, 0.25) is 0 Å². The number of ether oxygens (including phenoxy) is 1. The lowest BCUT2D eigenvalue weighted by Crippen LogP contribution is -2.06. The second-order valence-electron chi connectivity index (χ2n) is 3.82. The molecule has 17 heavy (non-hydrogen) atoms. The second kappa shape index (κ2) is 5.80. The van der Waals surface area contributed by atoms with Crippen molar-refractivity contribution in [3.05, 3.63) is 36.0 Å². The van der Waals surface area contributed by atoms with Crippen molar-refractivity contribution >= 4 is 16.5 Å². The van der Waals surface area contributed by atoms with E-state index in [0.29, 0.717) is 6.61 Å². The Labute approximate surface area is 105 Å². The molecule has 3 nitrogen and oxygen atoms in total. The van der Waals surface area contributed by atoms with Crippen LogP contribution in [0.4, 0.5) is 5.13 Å². The molecule has 0 saturated carbocycles. The van der Waals surface area contributed by atoms with E-state index in [2.05, 4.69) is 41.5 Å². The van der Waals surface area contributed by atoms with Crippen molar-refractivity contribution in [1.29, 1.82) is 0 Å². The van der Waals surface area contributed by atoms with Crippen molar-refractivity contribution in [2.45, 2.75) is 6.92 Å². The van der Waals surface area contributed by atoms with Gasteiger partial charge in [0.1, 0.15) is 0 Å². The Hall–Kier alpha value is -1.39. The summed E-state index contributed by atoms with van der Waals surface area (Å²) in [5.41, 5.74) is 2.49. The maximum atomic E-state index is 4.98. The predicted octanol–water partition coefficient (Wildman–Crippen LogP) is 3.18. The van der Waals surface area contributed by atoms with Gasteiger partial charge in [-0.15, -0.1) is 0 Å². The second-order valence-corrected chi connectivity index (χ2v) is 4.85. The van der Waals surface area contributed by atoms with Gasteiger partial charge in [0, 0.05) is 19.9 Å². The van der Waals surface area contributed by atoms with Gasteiger partial charge in [0.05, 0.1) is 11.5 Å². The maximum Gasteiger partial charge on any atom is 0.183 e. The van der Waals surface area contributed by atoms with Crippen LogP contribution >= 0.6 is 11.3 Å². The zero-order valence-electron chi connectivity index (χ0n) is 10.1. The SMILES string of the molecule is COCCNc1ncc(-c2ccc(C)cc2)s1. The highest BCUT2D eigenvalue weighted by Crippen LogP contribution is 2.28. The predicted molar refractivity (Wildman–Crippen MR) is 72.7 cm³/mol. The molecule has 0 amide bonds. The smallest absolute Gasteiger partial charge is 0.183 e.